The third-order valence-corrected chi connectivity index (χ3v) is 3.44. The van der Waals surface area contributed by atoms with Crippen LogP contribution in [-0.2, 0) is 0 Å². The van der Waals surface area contributed by atoms with E-state index in [1.165, 1.54) is 0 Å². The minimum absolute atomic E-state index is 0.453. The number of hydrogen-bond acceptors (Lipinski definition) is 4. The van der Waals surface area contributed by atoms with E-state index in [0.29, 0.717) is 40.7 Å². The molecule has 1 N–H and O–H groups in total. The normalized spacial score (nSPS) is 14.1. The third kappa shape index (κ3) is 2.80. The Hall–Kier alpha value is -1.18. The number of anilines is 2. The Kier molecular flexibility index (Phi) is 4.15. The summed E-state index contributed by atoms with van der Waals surface area (Å²) in [5.74, 6) is 1.32. The largest absolute Gasteiger partial charge is 0.372 e. The Bertz CT molecular complexity index is 480. The summed E-state index contributed by atoms with van der Waals surface area (Å²) in [6.07, 6.45) is 2.72. The van der Waals surface area contributed by atoms with Crippen LogP contribution < -0.4 is 10.2 Å². The second kappa shape index (κ2) is 5.64. The zero-order valence-corrected chi connectivity index (χ0v) is 11.6. The van der Waals surface area contributed by atoms with Crippen molar-refractivity contribution in [2.75, 3.05) is 23.8 Å². The number of nitriles is 1. The van der Waals surface area contributed by atoms with Gasteiger partial charge >= 0.3 is 0 Å². The number of hydrogen-bond donors (Lipinski definition) is 1. The van der Waals surface area contributed by atoms with Gasteiger partial charge in [0.2, 0.25) is 0 Å². The summed E-state index contributed by atoms with van der Waals surface area (Å²) in [6.45, 7) is 0.651. The monoisotopic (exact) mass is 284 g/mol. The van der Waals surface area contributed by atoms with E-state index in [9.17, 15) is 0 Å². The summed E-state index contributed by atoms with van der Waals surface area (Å²) in [5.41, 5.74) is 0. The summed E-state index contributed by atoms with van der Waals surface area (Å²) in [6, 6.07) is 4.30. The van der Waals surface area contributed by atoms with E-state index in [0.717, 1.165) is 12.8 Å². The lowest BCUT2D eigenvalue weighted by Crippen LogP contribution is -2.28. The lowest BCUT2D eigenvalue weighted by atomic mass is 10.3. The van der Waals surface area contributed by atoms with Crippen molar-refractivity contribution in [3.05, 3.63) is 16.1 Å². The maximum absolute atomic E-state index is 8.71. The molecule has 1 saturated carbocycles. The standard InChI is InChI=1S/C12H14Cl2N4/c1-16-11-9(13)7-10(14)12(17-11)18(6-2-5-15)8-3-4-8/h7-8H,2-4,6H2,1H3,(H,16,17). The average Bonchev–Trinajstić information content (AvgIpc) is 3.16. The van der Waals surface area contributed by atoms with E-state index in [-0.39, 0.29) is 0 Å². The molecule has 1 fully saturated rings. The van der Waals surface area contributed by atoms with Crippen molar-refractivity contribution in [3.63, 3.8) is 0 Å². The predicted molar refractivity (Wildman–Crippen MR) is 74.4 cm³/mol. The molecule has 0 unspecified atom stereocenters. The molecule has 0 amide bonds. The third-order valence-electron chi connectivity index (χ3n) is 2.87. The molecule has 0 radical (unpaired) electrons. The molecule has 0 atom stereocenters. The molecule has 0 saturated heterocycles. The van der Waals surface area contributed by atoms with Gasteiger partial charge in [0.15, 0.2) is 0 Å². The fourth-order valence-electron chi connectivity index (χ4n) is 1.85. The molecule has 1 heterocycles. The SMILES string of the molecule is CNc1nc(N(CCC#N)C2CC2)c(Cl)cc1Cl. The lowest BCUT2D eigenvalue weighted by Gasteiger charge is -2.24. The van der Waals surface area contributed by atoms with Crippen molar-refractivity contribution < 1.29 is 0 Å². The number of pyridine rings is 1. The van der Waals surface area contributed by atoms with Gasteiger partial charge in [-0.1, -0.05) is 23.2 Å². The second-order valence-corrected chi connectivity index (χ2v) is 5.02. The zero-order chi connectivity index (χ0) is 13.1. The molecule has 6 heteroatoms. The highest BCUT2D eigenvalue weighted by molar-refractivity contribution is 6.37. The molecule has 18 heavy (non-hydrogen) atoms. The second-order valence-electron chi connectivity index (χ2n) is 4.21. The Labute approximate surface area is 117 Å². The summed E-state index contributed by atoms with van der Waals surface area (Å²) in [4.78, 5) is 6.55. The Morgan fingerprint density at radius 2 is 2.22 bits per heavy atom. The molecule has 1 aromatic heterocycles. The van der Waals surface area contributed by atoms with Crippen LogP contribution in [-0.4, -0.2) is 24.6 Å². The van der Waals surface area contributed by atoms with E-state index < -0.39 is 0 Å². The van der Waals surface area contributed by atoms with Crippen molar-refractivity contribution >= 4 is 34.8 Å². The first-order valence-electron chi connectivity index (χ1n) is 5.84. The Morgan fingerprint density at radius 1 is 1.50 bits per heavy atom. The van der Waals surface area contributed by atoms with E-state index in [2.05, 4.69) is 21.3 Å². The van der Waals surface area contributed by atoms with E-state index >= 15 is 0 Å². The quantitative estimate of drug-likeness (QED) is 0.901. The molecule has 0 aromatic carbocycles. The first kappa shape index (κ1) is 13.3. The number of nitrogens with zero attached hydrogens (tertiary/aromatic N) is 3. The number of aromatic nitrogens is 1. The van der Waals surface area contributed by atoms with Crippen LogP contribution in [0.2, 0.25) is 10.0 Å². The molecule has 0 spiro atoms. The van der Waals surface area contributed by atoms with Crippen LogP contribution in [0.1, 0.15) is 19.3 Å². The molecular formula is C12H14Cl2N4. The smallest absolute Gasteiger partial charge is 0.150 e. The first-order chi connectivity index (χ1) is 8.67. The molecule has 4 nitrogen and oxygen atoms in total. The molecule has 2 rings (SSSR count). The van der Waals surface area contributed by atoms with Gasteiger partial charge in [0, 0.05) is 19.6 Å². The van der Waals surface area contributed by atoms with Crippen LogP contribution in [0.5, 0.6) is 0 Å². The maximum Gasteiger partial charge on any atom is 0.150 e. The molecule has 1 aliphatic carbocycles. The minimum Gasteiger partial charge on any atom is -0.372 e. The fourth-order valence-corrected chi connectivity index (χ4v) is 2.41. The summed E-state index contributed by atoms with van der Waals surface area (Å²) >= 11 is 12.2. The van der Waals surface area contributed by atoms with Gasteiger partial charge in [-0.15, -0.1) is 0 Å². The van der Waals surface area contributed by atoms with Gasteiger partial charge in [-0.25, -0.2) is 4.98 Å². The van der Waals surface area contributed by atoms with E-state index in [1.807, 2.05) is 0 Å². The van der Waals surface area contributed by atoms with Crippen LogP contribution in [0.15, 0.2) is 6.07 Å². The zero-order valence-electron chi connectivity index (χ0n) is 10.1. The molecule has 1 aliphatic rings. The first-order valence-corrected chi connectivity index (χ1v) is 6.60. The number of rotatable bonds is 5. The van der Waals surface area contributed by atoms with Gasteiger partial charge in [0.05, 0.1) is 22.5 Å². The van der Waals surface area contributed by atoms with Gasteiger partial charge in [-0.05, 0) is 18.9 Å². The van der Waals surface area contributed by atoms with Crippen molar-refractivity contribution in [1.29, 1.82) is 5.26 Å². The summed E-state index contributed by atoms with van der Waals surface area (Å²) < 4.78 is 0. The fraction of sp³-hybridized carbons (Fsp3) is 0.500. The Morgan fingerprint density at radius 3 is 2.78 bits per heavy atom. The molecule has 1 aromatic rings. The van der Waals surface area contributed by atoms with Crippen LogP contribution in [0.25, 0.3) is 0 Å². The summed E-state index contributed by atoms with van der Waals surface area (Å²) in [7, 11) is 1.77. The highest BCUT2D eigenvalue weighted by Crippen LogP contribution is 2.37. The molecule has 96 valence electrons. The van der Waals surface area contributed by atoms with Gasteiger partial charge in [0.1, 0.15) is 11.6 Å². The molecule has 0 aliphatic heterocycles. The van der Waals surface area contributed by atoms with E-state index in [1.54, 1.807) is 13.1 Å². The van der Waals surface area contributed by atoms with Gasteiger partial charge < -0.3 is 10.2 Å². The van der Waals surface area contributed by atoms with E-state index in [4.69, 9.17) is 28.5 Å². The van der Waals surface area contributed by atoms with Crippen molar-refractivity contribution in [2.45, 2.75) is 25.3 Å². The maximum atomic E-state index is 8.71. The van der Waals surface area contributed by atoms with Gasteiger partial charge in [-0.3, -0.25) is 0 Å². The predicted octanol–water partition coefficient (Wildman–Crippen LogP) is 3.31. The highest BCUT2D eigenvalue weighted by Gasteiger charge is 2.31. The average molecular weight is 285 g/mol. The van der Waals surface area contributed by atoms with Crippen molar-refractivity contribution in [2.24, 2.45) is 0 Å². The van der Waals surface area contributed by atoms with Crippen LogP contribution in [0.4, 0.5) is 11.6 Å². The van der Waals surface area contributed by atoms with Crippen LogP contribution in [0, 0.1) is 11.3 Å². The highest BCUT2D eigenvalue weighted by atomic mass is 35.5. The van der Waals surface area contributed by atoms with Crippen molar-refractivity contribution in [3.8, 4) is 6.07 Å². The van der Waals surface area contributed by atoms with Gasteiger partial charge in [-0.2, -0.15) is 5.26 Å². The minimum atomic E-state index is 0.453. The number of halogens is 2. The topological polar surface area (TPSA) is 52.0 Å². The van der Waals surface area contributed by atoms with Crippen LogP contribution >= 0.6 is 23.2 Å². The van der Waals surface area contributed by atoms with Crippen molar-refractivity contribution in [1.82, 2.24) is 4.98 Å². The van der Waals surface area contributed by atoms with Gasteiger partial charge in [0.25, 0.3) is 0 Å². The van der Waals surface area contributed by atoms with Crippen LogP contribution in [0.3, 0.4) is 0 Å². The summed E-state index contributed by atoms with van der Waals surface area (Å²) in [5, 5.41) is 12.7. The molecular weight excluding hydrogens is 271 g/mol. The Balaban J connectivity index is 2.31. The molecule has 0 bridgehead atoms. The number of nitrogens with one attached hydrogen (secondary N) is 1. The lowest BCUT2D eigenvalue weighted by molar-refractivity contribution is 0.779.